The van der Waals surface area contributed by atoms with Crippen LogP contribution in [0.15, 0.2) is 18.2 Å². The van der Waals surface area contributed by atoms with E-state index < -0.39 is 5.92 Å². The number of anilines is 1. The monoisotopic (exact) mass is 494 g/mol. The highest BCUT2D eigenvalue weighted by Gasteiger charge is 2.45. The van der Waals surface area contributed by atoms with E-state index in [2.05, 4.69) is 46.9 Å². The third-order valence-electron chi connectivity index (χ3n) is 7.31. The third-order valence-corrected chi connectivity index (χ3v) is 7.31. The smallest absolute Gasteiger partial charge is 0.319 e. The van der Waals surface area contributed by atoms with Crippen LogP contribution in [0.25, 0.3) is 0 Å². The van der Waals surface area contributed by atoms with E-state index in [4.69, 9.17) is 0 Å². The first-order chi connectivity index (χ1) is 16.9. The van der Waals surface area contributed by atoms with Crippen molar-refractivity contribution in [1.82, 2.24) is 24.6 Å². The first-order valence-electron chi connectivity index (χ1n) is 13.2. The average Bonchev–Trinajstić information content (AvgIpc) is 3.38. The van der Waals surface area contributed by atoms with Crippen molar-refractivity contribution in [2.24, 2.45) is 11.3 Å². The van der Waals surface area contributed by atoms with E-state index in [-0.39, 0.29) is 23.3 Å². The van der Waals surface area contributed by atoms with Crippen LogP contribution in [0, 0.1) is 25.2 Å². The Morgan fingerprint density at radius 1 is 1.11 bits per heavy atom. The Labute approximate surface area is 215 Å². The lowest BCUT2D eigenvalue weighted by molar-refractivity contribution is -0.119. The van der Waals surface area contributed by atoms with Crippen LogP contribution in [0.3, 0.4) is 0 Å². The fourth-order valence-corrected chi connectivity index (χ4v) is 5.22. The highest BCUT2D eigenvalue weighted by molar-refractivity contribution is 5.94. The molecule has 2 atom stereocenters. The van der Waals surface area contributed by atoms with Gasteiger partial charge in [0.15, 0.2) is 0 Å². The zero-order chi connectivity index (χ0) is 26.2. The van der Waals surface area contributed by atoms with E-state index in [9.17, 15) is 9.59 Å². The number of rotatable bonds is 7. The molecule has 3 amide bonds. The van der Waals surface area contributed by atoms with Gasteiger partial charge in [-0.3, -0.25) is 4.79 Å². The summed E-state index contributed by atoms with van der Waals surface area (Å²) >= 11 is 0. The van der Waals surface area contributed by atoms with Gasteiger partial charge in [0.1, 0.15) is 11.6 Å². The molecule has 1 saturated heterocycles. The van der Waals surface area contributed by atoms with Crippen molar-refractivity contribution < 1.29 is 9.59 Å². The summed E-state index contributed by atoms with van der Waals surface area (Å²) < 4.78 is 2.30. The Kier molecular flexibility index (Phi) is 7.43. The van der Waals surface area contributed by atoms with Crippen LogP contribution in [0.5, 0.6) is 0 Å². The predicted octanol–water partition coefficient (Wildman–Crippen LogP) is 4.93. The van der Waals surface area contributed by atoms with Crippen LogP contribution in [-0.4, -0.2) is 63.7 Å². The van der Waals surface area contributed by atoms with Gasteiger partial charge < -0.3 is 19.7 Å². The highest BCUT2D eigenvalue weighted by atomic mass is 16.2. The molecule has 4 rings (SSSR count). The van der Waals surface area contributed by atoms with Crippen LogP contribution in [0.1, 0.15) is 81.2 Å². The molecule has 8 heteroatoms. The summed E-state index contributed by atoms with van der Waals surface area (Å²) in [5.41, 5.74) is 3.28. The summed E-state index contributed by atoms with van der Waals surface area (Å²) in [6.45, 7) is 11.7. The number of nitrogens with zero attached hydrogens (tertiary/aromatic N) is 5. The van der Waals surface area contributed by atoms with E-state index in [1.807, 2.05) is 26.0 Å². The summed E-state index contributed by atoms with van der Waals surface area (Å²) in [5, 5.41) is 12.4. The molecule has 2 heterocycles. The molecule has 0 unspecified atom stereocenters. The largest absolute Gasteiger partial charge is 0.331 e. The molecule has 36 heavy (non-hydrogen) atoms. The van der Waals surface area contributed by atoms with Crippen molar-refractivity contribution in [2.45, 2.75) is 78.7 Å². The normalized spacial score (nSPS) is 20.0. The van der Waals surface area contributed by atoms with Gasteiger partial charge >= 0.3 is 6.03 Å². The lowest BCUT2D eigenvalue weighted by Crippen LogP contribution is -2.38. The van der Waals surface area contributed by atoms with E-state index in [1.165, 1.54) is 0 Å². The molecule has 1 aliphatic heterocycles. The third kappa shape index (κ3) is 5.90. The van der Waals surface area contributed by atoms with E-state index in [0.717, 1.165) is 60.6 Å². The molecule has 1 N–H and O–H groups in total. The van der Waals surface area contributed by atoms with Crippen molar-refractivity contribution >= 4 is 17.6 Å². The van der Waals surface area contributed by atoms with Crippen molar-refractivity contribution in [3.63, 3.8) is 0 Å². The minimum absolute atomic E-state index is 0.0689. The summed E-state index contributed by atoms with van der Waals surface area (Å²) in [4.78, 5) is 29.9. The van der Waals surface area contributed by atoms with Gasteiger partial charge in [-0.1, -0.05) is 38.5 Å². The standard InChI is InChI=1S/C28H42N6O2/c1-18-10-13-23(19(2)15-18)29-26(35)22-17-33(27(36)32(6)7)16-21(22)25-31-30-24(34(25)20-11-12-20)9-8-14-28(3,4)5/h10,13,15,20-22H,8-9,11-12,14,16-17H2,1-7H3,(H,29,35)/t21-,22-/m0/s1. The molecule has 0 radical (unpaired) electrons. The summed E-state index contributed by atoms with van der Waals surface area (Å²) in [6.07, 6.45) is 5.29. The van der Waals surface area contributed by atoms with E-state index >= 15 is 0 Å². The molecule has 2 fully saturated rings. The molecular weight excluding hydrogens is 452 g/mol. The number of benzene rings is 1. The minimum Gasteiger partial charge on any atom is -0.331 e. The van der Waals surface area contributed by atoms with Gasteiger partial charge in [-0.15, -0.1) is 10.2 Å². The lowest BCUT2D eigenvalue weighted by Gasteiger charge is -2.21. The van der Waals surface area contributed by atoms with Crippen molar-refractivity contribution in [1.29, 1.82) is 0 Å². The summed E-state index contributed by atoms with van der Waals surface area (Å²) in [6, 6.07) is 6.35. The second-order valence-corrected chi connectivity index (χ2v) is 12.1. The average molecular weight is 495 g/mol. The maximum atomic E-state index is 13.6. The van der Waals surface area contributed by atoms with Crippen molar-refractivity contribution in [2.75, 3.05) is 32.5 Å². The van der Waals surface area contributed by atoms with Gasteiger partial charge in [-0.2, -0.15) is 0 Å². The molecule has 0 bridgehead atoms. The first-order valence-corrected chi connectivity index (χ1v) is 13.2. The second kappa shape index (κ2) is 10.2. The topological polar surface area (TPSA) is 83.4 Å². The van der Waals surface area contributed by atoms with Crippen LogP contribution >= 0.6 is 0 Å². The fourth-order valence-electron chi connectivity index (χ4n) is 5.22. The molecule has 1 aliphatic carbocycles. The summed E-state index contributed by atoms with van der Waals surface area (Å²) in [5.74, 6) is 1.23. The number of likely N-dealkylation sites (tertiary alicyclic amines) is 1. The zero-order valence-corrected chi connectivity index (χ0v) is 23.0. The van der Waals surface area contributed by atoms with Gasteiger partial charge in [0.25, 0.3) is 0 Å². The quantitative estimate of drug-likeness (QED) is 0.591. The summed E-state index contributed by atoms with van der Waals surface area (Å²) in [7, 11) is 3.50. The minimum atomic E-state index is -0.390. The van der Waals surface area contributed by atoms with E-state index in [0.29, 0.717) is 19.1 Å². The molecule has 1 aromatic carbocycles. The lowest BCUT2D eigenvalue weighted by atomic mass is 9.90. The van der Waals surface area contributed by atoms with Crippen LogP contribution in [0.2, 0.25) is 0 Å². The number of aryl methyl sites for hydroxylation is 3. The Bertz CT molecular complexity index is 1110. The highest BCUT2D eigenvalue weighted by Crippen LogP contribution is 2.42. The number of amides is 3. The number of carbonyl (C=O) groups excluding carboxylic acids is 2. The van der Waals surface area contributed by atoms with Gasteiger partial charge in [0.2, 0.25) is 5.91 Å². The SMILES string of the molecule is Cc1ccc(NC(=O)[C@H]2CN(C(=O)N(C)C)C[C@@H]2c2nnc(CCCC(C)(C)C)n2C2CC2)c(C)c1. The molecule has 2 aromatic rings. The Balaban J connectivity index is 1.61. The Hall–Kier alpha value is -2.90. The van der Waals surface area contributed by atoms with Crippen LogP contribution in [-0.2, 0) is 11.2 Å². The molecule has 0 spiro atoms. The number of carbonyl (C=O) groups is 2. The zero-order valence-electron chi connectivity index (χ0n) is 23.0. The van der Waals surface area contributed by atoms with Crippen LogP contribution < -0.4 is 5.32 Å². The molecule has 1 saturated carbocycles. The Morgan fingerprint density at radius 3 is 2.44 bits per heavy atom. The predicted molar refractivity (Wildman–Crippen MR) is 142 cm³/mol. The van der Waals surface area contributed by atoms with Crippen molar-refractivity contribution in [3.05, 3.63) is 41.0 Å². The molecule has 2 aliphatic rings. The van der Waals surface area contributed by atoms with Gasteiger partial charge in [-0.05, 0) is 56.6 Å². The Morgan fingerprint density at radius 2 is 1.83 bits per heavy atom. The van der Waals surface area contributed by atoms with Crippen molar-refractivity contribution in [3.8, 4) is 0 Å². The molecule has 196 valence electrons. The number of aromatic nitrogens is 3. The maximum absolute atomic E-state index is 13.6. The molecular formula is C28H42N6O2. The number of hydrogen-bond donors (Lipinski definition) is 1. The molecule has 8 nitrogen and oxygen atoms in total. The van der Waals surface area contributed by atoms with Gasteiger partial charge in [-0.25, -0.2) is 4.79 Å². The fraction of sp³-hybridized carbons (Fsp3) is 0.643. The van der Waals surface area contributed by atoms with E-state index in [1.54, 1.807) is 23.9 Å². The maximum Gasteiger partial charge on any atom is 0.319 e. The van der Waals surface area contributed by atoms with Crippen LogP contribution in [0.4, 0.5) is 10.5 Å². The second-order valence-electron chi connectivity index (χ2n) is 12.1. The number of urea groups is 1. The van der Waals surface area contributed by atoms with Gasteiger partial charge in [0.05, 0.1) is 11.8 Å². The number of hydrogen-bond acceptors (Lipinski definition) is 4. The first kappa shape index (κ1) is 26.2. The number of nitrogens with one attached hydrogen (secondary N) is 1. The van der Waals surface area contributed by atoms with Gasteiger partial charge in [0, 0.05) is 45.3 Å². The molecule has 1 aromatic heterocycles.